The van der Waals surface area contributed by atoms with Crippen LogP contribution in [0.15, 0.2) is 18.2 Å². The Hall–Kier alpha value is -0.910. The van der Waals surface area contributed by atoms with E-state index in [9.17, 15) is 8.78 Å². The van der Waals surface area contributed by atoms with Crippen molar-refractivity contribution in [2.75, 3.05) is 31.6 Å². The maximum Gasteiger partial charge on any atom is 0.255 e. The Kier molecular flexibility index (Phi) is 6.48. The van der Waals surface area contributed by atoms with E-state index in [0.29, 0.717) is 10.7 Å². The molecular formula is C13H19ClF2N2O. The highest BCUT2D eigenvalue weighted by Crippen LogP contribution is 2.28. The van der Waals surface area contributed by atoms with Crippen molar-refractivity contribution in [1.82, 2.24) is 5.32 Å². The molecule has 0 fully saturated rings. The first-order valence-corrected chi connectivity index (χ1v) is 6.48. The molecule has 6 heteroatoms. The average Bonchev–Trinajstić information content (AvgIpc) is 2.36. The molecule has 0 radical (unpaired) electrons. The van der Waals surface area contributed by atoms with Gasteiger partial charge in [0.05, 0.1) is 13.2 Å². The summed E-state index contributed by atoms with van der Waals surface area (Å²) in [6.07, 6.45) is -2.46. The van der Waals surface area contributed by atoms with Crippen LogP contribution in [0.2, 0.25) is 5.02 Å². The van der Waals surface area contributed by atoms with E-state index in [1.54, 1.807) is 12.1 Å². The van der Waals surface area contributed by atoms with Gasteiger partial charge >= 0.3 is 0 Å². The zero-order chi connectivity index (χ0) is 14.4. The molecule has 1 aromatic rings. The number of nitrogens with one attached hydrogen (secondary N) is 1. The zero-order valence-corrected chi connectivity index (χ0v) is 11.8. The molecule has 0 saturated heterocycles. The van der Waals surface area contributed by atoms with Crippen molar-refractivity contribution in [2.45, 2.75) is 19.4 Å². The van der Waals surface area contributed by atoms with Gasteiger partial charge in [-0.3, -0.25) is 0 Å². The molecule has 0 heterocycles. The average molecular weight is 293 g/mol. The first-order chi connectivity index (χ1) is 8.99. The van der Waals surface area contributed by atoms with Crippen molar-refractivity contribution in [2.24, 2.45) is 0 Å². The van der Waals surface area contributed by atoms with Gasteiger partial charge in [0, 0.05) is 23.3 Å². The highest BCUT2D eigenvalue weighted by molar-refractivity contribution is 6.31. The summed E-state index contributed by atoms with van der Waals surface area (Å²) in [5.41, 5.74) is 1.50. The third-order valence-electron chi connectivity index (χ3n) is 2.98. The molecule has 0 aliphatic rings. The van der Waals surface area contributed by atoms with Crippen molar-refractivity contribution < 1.29 is 13.9 Å². The molecule has 1 aromatic carbocycles. The van der Waals surface area contributed by atoms with Gasteiger partial charge in [-0.2, -0.15) is 0 Å². The lowest BCUT2D eigenvalue weighted by molar-refractivity contribution is 0.153. The minimum absolute atomic E-state index is 0.0861. The monoisotopic (exact) mass is 292 g/mol. The normalized spacial score (nSPS) is 12.8. The van der Waals surface area contributed by atoms with Crippen molar-refractivity contribution in [1.29, 1.82) is 0 Å². The van der Waals surface area contributed by atoms with E-state index in [4.69, 9.17) is 16.7 Å². The summed E-state index contributed by atoms with van der Waals surface area (Å²) in [4.78, 5) is 1.42. The molecule has 0 aromatic heterocycles. The number of hydrogen-bond acceptors (Lipinski definition) is 3. The predicted octanol–water partition coefficient (Wildman–Crippen LogP) is 2.68. The Labute approximate surface area is 117 Å². The highest BCUT2D eigenvalue weighted by Gasteiger charge is 2.15. The minimum atomic E-state index is -2.46. The molecule has 0 aliphatic carbocycles. The van der Waals surface area contributed by atoms with E-state index in [0.717, 1.165) is 5.56 Å². The standard InChI is InChI=1S/C13H19ClF2N2O/c1-9(17-2)11-4-3-10(7-12(11)14)18(5-6-19)8-13(15)16/h3-4,7,9,13,17,19H,5-6,8H2,1-2H3. The van der Waals surface area contributed by atoms with E-state index in [2.05, 4.69) is 5.32 Å². The molecule has 1 atom stereocenters. The Morgan fingerprint density at radius 1 is 1.42 bits per heavy atom. The smallest absolute Gasteiger partial charge is 0.255 e. The fourth-order valence-corrected chi connectivity index (χ4v) is 2.17. The minimum Gasteiger partial charge on any atom is -0.395 e. The number of nitrogens with zero attached hydrogens (tertiary/aromatic N) is 1. The summed E-state index contributed by atoms with van der Waals surface area (Å²) in [6, 6.07) is 5.30. The number of hydrogen-bond donors (Lipinski definition) is 2. The quantitative estimate of drug-likeness (QED) is 0.811. The molecule has 0 amide bonds. The number of anilines is 1. The first-order valence-electron chi connectivity index (χ1n) is 6.10. The van der Waals surface area contributed by atoms with Crippen molar-refractivity contribution in [3.63, 3.8) is 0 Å². The van der Waals surface area contributed by atoms with Crippen molar-refractivity contribution in [3.8, 4) is 0 Å². The van der Waals surface area contributed by atoms with Crippen LogP contribution in [0.1, 0.15) is 18.5 Å². The van der Waals surface area contributed by atoms with Crippen molar-refractivity contribution >= 4 is 17.3 Å². The predicted molar refractivity (Wildman–Crippen MR) is 74.2 cm³/mol. The van der Waals surface area contributed by atoms with E-state index in [1.807, 2.05) is 20.0 Å². The number of benzene rings is 1. The van der Waals surface area contributed by atoms with E-state index in [1.165, 1.54) is 4.90 Å². The fraction of sp³-hybridized carbons (Fsp3) is 0.538. The number of alkyl halides is 2. The zero-order valence-electron chi connectivity index (χ0n) is 11.0. The second kappa shape index (κ2) is 7.62. The fourth-order valence-electron chi connectivity index (χ4n) is 1.83. The van der Waals surface area contributed by atoms with Crippen LogP contribution in [0.3, 0.4) is 0 Å². The number of aliphatic hydroxyl groups excluding tert-OH is 1. The second-order valence-corrected chi connectivity index (χ2v) is 4.68. The van der Waals surface area contributed by atoms with Crippen LogP contribution in [0.5, 0.6) is 0 Å². The third kappa shape index (κ3) is 4.60. The summed E-state index contributed by atoms with van der Waals surface area (Å²) in [7, 11) is 1.82. The molecule has 1 rings (SSSR count). The van der Waals surface area contributed by atoms with Crippen LogP contribution in [-0.4, -0.2) is 38.3 Å². The number of halogens is 3. The summed E-state index contributed by atoms with van der Waals surface area (Å²) in [5.74, 6) is 0. The molecule has 0 aliphatic heterocycles. The Balaban J connectivity index is 2.96. The Morgan fingerprint density at radius 3 is 2.58 bits per heavy atom. The van der Waals surface area contributed by atoms with Crippen molar-refractivity contribution in [3.05, 3.63) is 28.8 Å². The molecule has 108 valence electrons. The SMILES string of the molecule is CNC(C)c1ccc(N(CCO)CC(F)F)cc1Cl. The summed E-state index contributed by atoms with van der Waals surface area (Å²) in [5, 5.41) is 12.5. The topological polar surface area (TPSA) is 35.5 Å². The molecule has 0 bridgehead atoms. The van der Waals surface area contributed by atoms with Crippen LogP contribution in [0.4, 0.5) is 14.5 Å². The molecule has 2 N–H and O–H groups in total. The van der Waals surface area contributed by atoms with Gasteiger partial charge in [0.2, 0.25) is 0 Å². The van der Waals surface area contributed by atoms with E-state index in [-0.39, 0.29) is 19.2 Å². The van der Waals surface area contributed by atoms with Gasteiger partial charge in [-0.15, -0.1) is 0 Å². The van der Waals surface area contributed by atoms with E-state index < -0.39 is 13.0 Å². The lowest BCUT2D eigenvalue weighted by Gasteiger charge is -2.24. The molecular weight excluding hydrogens is 274 g/mol. The Bertz CT molecular complexity index is 404. The maximum atomic E-state index is 12.5. The second-order valence-electron chi connectivity index (χ2n) is 4.28. The molecule has 3 nitrogen and oxygen atoms in total. The number of aliphatic hydroxyl groups is 1. The van der Waals surface area contributed by atoms with Gasteiger partial charge in [0.1, 0.15) is 0 Å². The largest absolute Gasteiger partial charge is 0.395 e. The van der Waals surface area contributed by atoms with Crippen LogP contribution in [0, 0.1) is 0 Å². The lowest BCUT2D eigenvalue weighted by atomic mass is 10.1. The molecule has 0 saturated carbocycles. The first kappa shape index (κ1) is 16.1. The van der Waals surface area contributed by atoms with Gasteiger partial charge in [-0.25, -0.2) is 8.78 Å². The van der Waals surface area contributed by atoms with Crippen LogP contribution in [0.25, 0.3) is 0 Å². The number of rotatable bonds is 7. The maximum absolute atomic E-state index is 12.5. The van der Waals surface area contributed by atoms with Gasteiger partial charge in [0.25, 0.3) is 6.43 Å². The lowest BCUT2D eigenvalue weighted by Crippen LogP contribution is -2.31. The summed E-state index contributed by atoms with van der Waals surface area (Å²) in [6.45, 7) is 1.52. The molecule has 1 unspecified atom stereocenters. The highest BCUT2D eigenvalue weighted by atomic mass is 35.5. The van der Waals surface area contributed by atoms with E-state index >= 15 is 0 Å². The van der Waals surface area contributed by atoms with Gasteiger partial charge in [0.15, 0.2) is 0 Å². The van der Waals surface area contributed by atoms with Gasteiger partial charge < -0.3 is 15.3 Å². The molecule has 0 spiro atoms. The Morgan fingerprint density at radius 2 is 2.11 bits per heavy atom. The summed E-state index contributed by atoms with van der Waals surface area (Å²) < 4.78 is 25.0. The van der Waals surface area contributed by atoms with Crippen LogP contribution in [-0.2, 0) is 0 Å². The summed E-state index contributed by atoms with van der Waals surface area (Å²) >= 11 is 6.17. The van der Waals surface area contributed by atoms with Gasteiger partial charge in [-0.05, 0) is 31.7 Å². The molecule has 19 heavy (non-hydrogen) atoms. The van der Waals surface area contributed by atoms with Gasteiger partial charge in [-0.1, -0.05) is 17.7 Å². The van der Waals surface area contributed by atoms with Crippen LogP contribution >= 0.6 is 11.6 Å². The van der Waals surface area contributed by atoms with Crippen LogP contribution < -0.4 is 10.2 Å². The third-order valence-corrected chi connectivity index (χ3v) is 3.30.